The number of halogens is 1. The number of rotatable bonds is 3. The van der Waals surface area contributed by atoms with E-state index >= 15 is 0 Å². The van der Waals surface area contributed by atoms with Crippen LogP contribution in [0.1, 0.15) is 5.56 Å². The zero-order valence-electron chi connectivity index (χ0n) is 7.58. The second-order valence-electron chi connectivity index (χ2n) is 2.40. The first-order valence-corrected chi connectivity index (χ1v) is 5.05. The fourth-order valence-electron chi connectivity index (χ4n) is 1.04. The number of benzene rings is 1. The summed E-state index contributed by atoms with van der Waals surface area (Å²) in [5.41, 5.74) is 1.02. The van der Waals surface area contributed by atoms with E-state index in [1.807, 2.05) is 28.4 Å². The van der Waals surface area contributed by atoms with Crippen LogP contribution >= 0.6 is 22.6 Å². The third-order valence-corrected chi connectivity index (χ3v) is 2.04. The predicted molar refractivity (Wildman–Crippen MR) is 62.6 cm³/mol. The van der Waals surface area contributed by atoms with Gasteiger partial charge in [0.05, 0.1) is 14.2 Å². The Balaban J connectivity index is 3.09. The van der Waals surface area contributed by atoms with E-state index in [9.17, 15) is 0 Å². The maximum Gasteiger partial charge on any atom is 0.126 e. The molecule has 1 aromatic carbocycles. The third kappa shape index (κ3) is 2.62. The van der Waals surface area contributed by atoms with Gasteiger partial charge < -0.3 is 9.47 Å². The number of ether oxygens (including phenoxy) is 2. The minimum atomic E-state index is 0.838. The van der Waals surface area contributed by atoms with Gasteiger partial charge in [-0.15, -0.1) is 0 Å². The molecule has 0 amide bonds. The lowest BCUT2D eigenvalue weighted by Crippen LogP contribution is -1.88. The Bertz CT molecular complexity index is 308. The largest absolute Gasteiger partial charge is 0.497 e. The van der Waals surface area contributed by atoms with Gasteiger partial charge in [-0.2, -0.15) is 0 Å². The Morgan fingerprint density at radius 2 is 2.00 bits per heavy atom. The van der Waals surface area contributed by atoms with Crippen LogP contribution in [0, 0.1) is 0 Å². The van der Waals surface area contributed by atoms with Crippen molar-refractivity contribution in [2.45, 2.75) is 0 Å². The lowest BCUT2D eigenvalue weighted by molar-refractivity contribution is 0.402. The molecule has 0 aliphatic heterocycles. The molecule has 0 bridgehead atoms. The van der Waals surface area contributed by atoms with Crippen LogP contribution < -0.4 is 9.47 Å². The Morgan fingerprint density at radius 1 is 1.23 bits per heavy atom. The SMILES string of the molecule is COc1ccc(OC)c(/C=C/I)c1. The van der Waals surface area contributed by atoms with Crippen molar-refractivity contribution in [2.24, 2.45) is 0 Å². The van der Waals surface area contributed by atoms with Crippen LogP contribution in [0.5, 0.6) is 11.5 Å². The molecule has 0 radical (unpaired) electrons. The van der Waals surface area contributed by atoms with Crippen LogP contribution in [-0.4, -0.2) is 14.2 Å². The second kappa shape index (κ2) is 5.11. The van der Waals surface area contributed by atoms with Gasteiger partial charge in [0.15, 0.2) is 0 Å². The molecule has 1 rings (SSSR count). The van der Waals surface area contributed by atoms with Gasteiger partial charge >= 0.3 is 0 Å². The molecule has 2 nitrogen and oxygen atoms in total. The molecular formula is C10H11IO2. The summed E-state index contributed by atoms with van der Waals surface area (Å²) in [6.45, 7) is 0. The van der Waals surface area contributed by atoms with Crippen LogP contribution in [0.3, 0.4) is 0 Å². The molecule has 0 spiro atoms. The summed E-state index contributed by atoms with van der Waals surface area (Å²) in [6, 6.07) is 5.71. The van der Waals surface area contributed by atoms with Gasteiger partial charge in [0.25, 0.3) is 0 Å². The summed E-state index contributed by atoms with van der Waals surface area (Å²) in [5, 5.41) is 0. The summed E-state index contributed by atoms with van der Waals surface area (Å²) >= 11 is 2.17. The van der Waals surface area contributed by atoms with E-state index in [0.717, 1.165) is 17.1 Å². The van der Waals surface area contributed by atoms with Crippen molar-refractivity contribution in [3.05, 3.63) is 27.8 Å². The van der Waals surface area contributed by atoms with Gasteiger partial charge in [0.1, 0.15) is 11.5 Å². The highest BCUT2D eigenvalue weighted by molar-refractivity contribution is 14.1. The quantitative estimate of drug-likeness (QED) is 0.796. The highest BCUT2D eigenvalue weighted by atomic mass is 127. The minimum absolute atomic E-state index is 0.838. The fraction of sp³-hybridized carbons (Fsp3) is 0.200. The van der Waals surface area contributed by atoms with E-state index in [-0.39, 0.29) is 0 Å². The Labute approximate surface area is 91.7 Å². The summed E-state index contributed by atoms with van der Waals surface area (Å²) in [7, 11) is 3.31. The van der Waals surface area contributed by atoms with E-state index < -0.39 is 0 Å². The van der Waals surface area contributed by atoms with Gasteiger partial charge in [-0.25, -0.2) is 0 Å². The summed E-state index contributed by atoms with van der Waals surface area (Å²) < 4.78 is 12.2. The van der Waals surface area contributed by atoms with E-state index in [1.54, 1.807) is 14.2 Å². The van der Waals surface area contributed by atoms with Crippen molar-refractivity contribution in [1.82, 2.24) is 0 Å². The van der Waals surface area contributed by atoms with Gasteiger partial charge in [0, 0.05) is 5.56 Å². The molecule has 3 heteroatoms. The second-order valence-corrected chi connectivity index (χ2v) is 3.12. The maximum atomic E-state index is 5.19. The van der Waals surface area contributed by atoms with Crippen molar-refractivity contribution in [2.75, 3.05) is 14.2 Å². The van der Waals surface area contributed by atoms with Crippen LogP contribution in [0.4, 0.5) is 0 Å². The lowest BCUT2D eigenvalue weighted by atomic mass is 10.2. The minimum Gasteiger partial charge on any atom is -0.497 e. The molecule has 0 aliphatic rings. The van der Waals surface area contributed by atoms with Gasteiger partial charge in [-0.05, 0) is 28.4 Å². The molecule has 0 saturated heterocycles. The van der Waals surface area contributed by atoms with Gasteiger partial charge in [-0.3, -0.25) is 0 Å². The predicted octanol–water partition coefficient (Wildman–Crippen LogP) is 3.11. The van der Waals surface area contributed by atoms with Crippen LogP contribution in [0.15, 0.2) is 22.3 Å². The van der Waals surface area contributed by atoms with Crippen molar-refractivity contribution in [3.63, 3.8) is 0 Å². The average molecular weight is 290 g/mol. The highest BCUT2D eigenvalue weighted by Gasteiger charge is 2.00. The van der Waals surface area contributed by atoms with Crippen molar-refractivity contribution >= 4 is 28.7 Å². The molecule has 0 heterocycles. The molecule has 0 unspecified atom stereocenters. The summed E-state index contributed by atoms with van der Waals surface area (Å²) in [4.78, 5) is 0. The third-order valence-electron chi connectivity index (χ3n) is 1.68. The average Bonchev–Trinajstić information content (AvgIpc) is 2.18. The fourth-order valence-corrected chi connectivity index (χ4v) is 1.42. The van der Waals surface area contributed by atoms with Crippen LogP contribution in [0.25, 0.3) is 6.08 Å². The molecule has 0 fully saturated rings. The molecule has 0 atom stereocenters. The van der Waals surface area contributed by atoms with Crippen LogP contribution in [-0.2, 0) is 0 Å². The van der Waals surface area contributed by atoms with Crippen molar-refractivity contribution in [3.8, 4) is 11.5 Å². The van der Waals surface area contributed by atoms with Crippen molar-refractivity contribution in [1.29, 1.82) is 0 Å². The zero-order valence-corrected chi connectivity index (χ0v) is 9.74. The topological polar surface area (TPSA) is 18.5 Å². The normalized spacial score (nSPS) is 10.4. The van der Waals surface area contributed by atoms with E-state index in [0.29, 0.717) is 0 Å². The van der Waals surface area contributed by atoms with Crippen molar-refractivity contribution < 1.29 is 9.47 Å². The molecule has 0 aromatic heterocycles. The van der Waals surface area contributed by atoms with Gasteiger partial charge in [-0.1, -0.05) is 22.6 Å². The number of hydrogen-bond donors (Lipinski definition) is 0. The smallest absolute Gasteiger partial charge is 0.126 e. The Morgan fingerprint density at radius 3 is 2.54 bits per heavy atom. The van der Waals surface area contributed by atoms with E-state index in [2.05, 4.69) is 22.6 Å². The van der Waals surface area contributed by atoms with E-state index in [1.165, 1.54) is 0 Å². The number of hydrogen-bond acceptors (Lipinski definition) is 2. The number of methoxy groups -OCH3 is 2. The zero-order chi connectivity index (χ0) is 9.68. The highest BCUT2D eigenvalue weighted by Crippen LogP contribution is 2.25. The Kier molecular flexibility index (Phi) is 4.08. The summed E-state index contributed by atoms with van der Waals surface area (Å²) in [6.07, 6.45) is 1.97. The standard InChI is InChI=1S/C10H11IO2/c1-12-9-3-4-10(13-2)8(7-9)5-6-11/h3-7H,1-2H3/b6-5+. The first-order chi connectivity index (χ1) is 6.31. The van der Waals surface area contributed by atoms with E-state index in [4.69, 9.17) is 9.47 Å². The molecule has 70 valence electrons. The molecule has 0 N–H and O–H groups in total. The first kappa shape index (κ1) is 10.4. The lowest BCUT2D eigenvalue weighted by Gasteiger charge is -2.06. The monoisotopic (exact) mass is 290 g/mol. The molecule has 13 heavy (non-hydrogen) atoms. The molecular weight excluding hydrogens is 279 g/mol. The summed E-state index contributed by atoms with van der Waals surface area (Å²) in [5.74, 6) is 1.69. The Hall–Kier alpha value is -0.710. The maximum absolute atomic E-state index is 5.19. The van der Waals surface area contributed by atoms with Gasteiger partial charge in [0.2, 0.25) is 0 Å². The molecule has 0 aliphatic carbocycles. The van der Waals surface area contributed by atoms with Crippen LogP contribution in [0.2, 0.25) is 0 Å². The first-order valence-electron chi connectivity index (χ1n) is 3.80. The molecule has 0 saturated carbocycles. The molecule has 1 aromatic rings.